The molecule has 1 saturated heterocycles. The second-order valence-corrected chi connectivity index (χ2v) is 4.72. The van der Waals surface area contributed by atoms with Gasteiger partial charge in [-0.05, 0) is 30.4 Å². The van der Waals surface area contributed by atoms with Crippen LogP contribution in [0.15, 0.2) is 18.2 Å². The predicted molar refractivity (Wildman–Crippen MR) is 66.2 cm³/mol. The van der Waals surface area contributed by atoms with Gasteiger partial charge in [-0.15, -0.1) is 0 Å². The number of nitrogens with one attached hydrogen (secondary N) is 2. The topological polar surface area (TPSA) is 61.4 Å². The first-order chi connectivity index (χ1) is 9.08. The third-order valence-electron chi connectivity index (χ3n) is 3.39. The van der Waals surface area contributed by atoms with Crippen LogP contribution < -0.4 is 10.6 Å². The number of hydrogen-bond acceptors (Lipinski definition) is 2. The smallest absolute Gasteiger partial charge is 0.404 e. The van der Waals surface area contributed by atoms with Crippen LogP contribution in [-0.4, -0.2) is 30.3 Å². The van der Waals surface area contributed by atoms with Crippen LogP contribution in [0.4, 0.5) is 13.6 Å². The average Bonchev–Trinajstić information content (AvgIpc) is 2.58. The van der Waals surface area contributed by atoms with Crippen molar-refractivity contribution >= 4 is 6.09 Å². The molecule has 0 bridgehead atoms. The zero-order valence-corrected chi connectivity index (χ0v) is 10.3. The standard InChI is InChI=1S/C13H16F2N2O2/c14-11-3-1-2-10(12(11)15)8-4-5-9(7-16-6-8)17-13(18)19/h1-3,8-9,16-17H,4-7H2,(H,18,19). The van der Waals surface area contributed by atoms with Gasteiger partial charge < -0.3 is 15.7 Å². The van der Waals surface area contributed by atoms with Crippen LogP contribution in [0.5, 0.6) is 0 Å². The summed E-state index contributed by atoms with van der Waals surface area (Å²) in [6, 6.07) is 3.97. The highest BCUT2D eigenvalue weighted by atomic mass is 19.2. The molecule has 2 unspecified atom stereocenters. The zero-order chi connectivity index (χ0) is 13.8. The molecule has 4 nitrogen and oxygen atoms in total. The second-order valence-electron chi connectivity index (χ2n) is 4.72. The summed E-state index contributed by atoms with van der Waals surface area (Å²) in [5.41, 5.74) is 0.350. The molecule has 0 saturated carbocycles. The quantitative estimate of drug-likeness (QED) is 0.771. The predicted octanol–water partition coefficient (Wildman–Crippen LogP) is 2.07. The van der Waals surface area contributed by atoms with Crippen molar-refractivity contribution in [2.24, 2.45) is 0 Å². The Morgan fingerprint density at radius 3 is 2.84 bits per heavy atom. The van der Waals surface area contributed by atoms with Gasteiger partial charge in [-0.2, -0.15) is 0 Å². The average molecular weight is 270 g/mol. The van der Waals surface area contributed by atoms with E-state index in [1.165, 1.54) is 6.07 Å². The number of carbonyl (C=O) groups is 1. The number of benzene rings is 1. The Hall–Kier alpha value is -1.69. The normalized spacial score (nSPS) is 23.7. The van der Waals surface area contributed by atoms with Crippen molar-refractivity contribution in [1.29, 1.82) is 0 Å². The van der Waals surface area contributed by atoms with Crippen LogP contribution in [0.25, 0.3) is 0 Å². The minimum atomic E-state index is -1.07. The Kier molecular flexibility index (Phi) is 4.31. The third-order valence-corrected chi connectivity index (χ3v) is 3.39. The van der Waals surface area contributed by atoms with Crippen molar-refractivity contribution in [1.82, 2.24) is 10.6 Å². The van der Waals surface area contributed by atoms with Gasteiger partial charge >= 0.3 is 6.09 Å². The summed E-state index contributed by atoms with van der Waals surface area (Å²) in [5, 5.41) is 14.2. The fraction of sp³-hybridized carbons (Fsp3) is 0.462. The van der Waals surface area contributed by atoms with Crippen molar-refractivity contribution < 1.29 is 18.7 Å². The molecule has 1 aromatic rings. The molecule has 2 atom stereocenters. The Balaban J connectivity index is 2.06. The number of rotatable bonds is 2. The van der Waals surface area contributed by atoms with E-state index in [4.69, 9.17) is 5.11 Å². The van der Waals surface area contributed by atoms with E-state index in [0.717, 1.165) is 6.07 Å². The van der Waals surface area contributed by atoms with Gasteiger partial charge in [-0.3, -0.25) is 0 Å². The Bertz CT molecular complexity index is 468. The maximum atomic E-state index is 13.7. The third kappa shape index (κ3) is 3.41. The Labute approximate surface area is 109 Å². The van der Waals surface area contributed by atoms with E-state index in [0.29, 0.717) is 31.5 Å². The number of halogens is 2. The lowest BCUT2D eigenvalue weighted by atomic mass is 9.93. The monoisotopic (exact) mass is 270 g/mol. The molecule has 3 N–H and O–H groups in total. The van der Waals surface area contributed by atoms with E-state index >= 15 is 0 Å². The summed E-state index contributed by atoms with van der Waals surface area (Å²) < 4.78 is 26.9. The Morgan fingerprint density at radius 2 is 2.11 bits per heavy atom. The lowest BCUT2D eigenvalue weighted by Gasteiger charge is -2.16. The van der Waals surface area contributed by atoms with Crippen molar-refractivity contribution in [3.05, 3.63) is 35.4 Å². The summed E-state index contributed by atoms with van der Waals surface area (Å²) in [5.74, 6) is -1.79. The van der Waals surface area contributed by atoms with Gasteiger partial charge in [-0.1, -0.05) is 12.1 Å². The number of carboxylic acid groups (broad SMARTS) is 1. The molecule has 1 aromatic carbocycles. The summed E-state index contributed by atoms with van der Waals surface area (Å²) in [7, 11) is 0. The highest BCUT2D eigenvalue weighted by Gasteiger charge is 2.23. The molecule has 1 amide bonds. The lowest BCUT2D eigenvalue weighted by Crippen LogP contribution is -2.40. The first-order valence-corrected chi connectivity index (χ1v) is 6.22. The minimum Gasteiger partial charge on any atom is -0.465 e. The molecule has 6 heteroatoms. The lowest BCUT2D eigenvalue weighted by molar-refractivity contribution is 0.189. The van der Waals surface area contributed by atoms with Crippen LogP contribution in [-0.2, 0) is 0 Å². The van der Waals surface area contributed by atoms with E-state index in [9.17, 15) is 13.6 Å². The van der Waals surface area contributed by atoms with E-state index < -0.39 is 17.7 Å². The fourth-order valence-electron chi connectivity index (χ4n) is 2.44. The van der Waals surface area contributed by atoms with Crippen LogP contribution in [0.2, 0.25) is 0 Å². The van der Waals surface area contributed by atoms with Gasteiger partial charge in [0.25, 0.3) is 0 Å². The molecule has 1 heterocycles. The molecule has 19 heavy (non-hydrogen) atoms. The first kappa shape index (κ1) is 13.7. The maximum absolute atomic E-state index is 13.7. The number of hydrogen-bond donors (Lipinski definition) is 3. The van der Waals surface area contributed by atoms with Crippen molar-refractivity contribution in [2.45, 2.75) is 24.8 Å². The largest absolute Gasteiger partial charge is 0.465 e. The highest BCUT2D eigenvalue weighted by molar-refractivity contribution is 5.64. The minimum absolute atomic E-state index is 0.142. The molecule has 0 aromatic heterocycles. The van der Waals surface area contributed by atoms with Gasteiger partial charge in [0, 0.05) is 19.1 Å². The summed E-state index contributed by atoms with van der Waals surface area (Å²) in [4.78, 5) is 10.6. The number of amides is 1. The second kappa shape index (κ2) is 5.97. The van der Waals surface area contributed by atoms with E-state index in [-0.39, 0.29) is 12.0 Å². The summed E-state index contributed by atoms with van der Waals surface area (Å²) in [6.07, 6.45) is 0.139. The maximum Gasteiger partial charge on any atom is 0.404 e. The van der Waals surface area contributed by atoms with Crippen molar-refractivity contribution in [3.8, 4) is 0 Å². The molecular formula is C13H16F2N2O2. The molecular weight excluding hydrogens is 254 g/mol. The zero-order valence-electron chi connectivity index (χ0n) is 10.3. The van der Waals surface area contributed by atoms with E-state index in [1.54, 1.807) is 6.07 Å². The van der Waals surface area contributed by atoms with Crippen LogP contribution >= 0.6 is 0 Å². The molecule has 1 fully saturated rings. The van der Waals surface area contributed by atoms with Gasteiger partial charge in [0.2, 0.25) is 0 Å². The Morgan fingerprint density at radius 1 is 1.32 bits per heavy atom. The van der Waals surface area contributed by atoms with Gasteiger partial charge in [0.1, 0.15) is 0 Å². The van der Waals surface area contributed by atoms with Crippen LogP contribution in [0, 0.1) is 11.6 Å². The molecule has 104 valence electrons. The molecule has 2 rings (SSSR count). The van der Waals surface area contributed by atoms with E-state index in [1.807, 2.05) is 0 Å². The van der Waals surface area contributed by atoms with E-state index in [2.05, 4.69) is 10.6 Å². The van der Waals surface area contributed by atoms with Gasteiger partial charge in [0.05, 0.1) is 0 Å². The van der Waals surface area contributed by atoms with Crippen LogP contribution in [0.3, 0.4) is 0 Å². The molecule has 1 aliphatic heterocycles. The highest BCUT2D eigenvalue weighted by Crippen LogP contribution is 2.26. The van der Waals surface area contributed by atoms with Gasteiger partial charge in [0.15, 0.2) is 11.6 Å². The first-order valence-electron chi connectivity index (χ1n) is 6.22. The van der Waals surface area contributed by atoms with Crippen LogP contribution in [0.1, 0.15) is 24.3 Å². The SMILES string of the molecule is O=C(O)NC1CCC(c2cccc(F)c2F)CNC1. The fourth-order valence-corrected chi connectivity index (χ4v) is 2.44. The molecule has 0 aliphatic carbocycles. The van der Waals surface area contributed by atoms with Crippen molar-refractivity contribution in [2.75, 3.05) is 13.1 Å². The van der Waals surface area contributed by atoms with Crippen molar-refractivity contribution in [3.63, 3.8) is 0 Å². The molecule has 0 spiro atoms. The molecule has 1 aliphatic rings. The van der Waals surface area contributed by atoms with Gasteiger partial charge in [-0.25, -0.2) is 13.6 Å². The summed E-state index contributed by atoms with van der Waals surface area (Å²) in [6.45, 7) is 1.01. The summed E-state index contributed by atoms with van der Waals surface area (Å²) >= 11 is 0. The molecule has 0 radical (unpaired) electrons.